The predicted octanol–water partition coefficient (Wildman–Crippen LogP) is 2.21. The molecule has 0 spiro atoms. The van der Waals surface area contributed by atoms with Crippen molar-refractivity contribution >= 4 is 5.65 Å². The van der Waals surface area contributed by atoms with Crippen LogP contribution in [0.5, 0.6) is 5.75 Å². The Morgan fingerprint density at radius 1 is 1.15 bits per heavy atom. The van der Waals surface area contributed by atoms with Crippen LogP contribution >= 0.6 is 0 Å². The topological polar surface area (TPSA) is 70.7 Å². The quantitative estimate of drug-likeness (QED) is 0.748. The lowest BCUT2D eigenvalue weighted by Gasteiger charge is -2.12. The summed E-state index contributed by atoms with van der Waals surface area (Å²) in [7, 11) is 0. The summed E-state index contributed by atoms with van der Waals surface area (Å²) >= 11 is 0. The number of fused-ring (bicyclic) bond motifs is 1. The molecule has 0 atom stereocenters. The summed E-state index contributed by atoms with van der Waals surface area (Å²) in [5, 5.41) is 23.3. The average molecular weight is 269 g/mol. The average Bonchev–Trinajstić information content (AvgIpc) is 2.84. The van der Waals surface area contributed by atoms with Gasteiger partial charge >= 0.3 is 0 Å². The molecule has 0 aliphatic heterocycles. The molecule has 2 aromatic heterocycles. The molecule has 0 saturated carbocycles. The fourth-order valence-electron chi connectivity index (χ4n) is 2.64. The summed E-state index contributed by atoms with van der Waals surface area (Å²) < 4.78 is 1.66. The lowest BCUT2D eigenvalue weighted by molar-refractivity contribution is 0.282. The molecular weight excluding hydrogens is 254 g/mol. The van der Waals surface area contributed by atoms with Crippen LogP contribution in [0.15, 0.2) is 30.7 Å². The molecule has 0 saturated heterocycles. The summed E-state index contributed by atoms with van der Waals surface area (Å²) in [6.45, 7) is 3.81. The Labute approximate surface area is 116 Å². The van der Waals surface area contributed by atoms with Crippen LogP contribution in [0.1, 0.15) is 16.7 Å². The molecule has 20 heavy (non-hydrogen) atoms. The van der Waals surface area contributed by atoms with E-state index in [2.05, 4.69) is 10.1 Å². The Hall–Kier alpha value is -2.40. The number of phenolic OH excluding ortho intramolecular Hbond substituents is 1. The van der Waals surface area contributed by atoms with Gasteiger partial charge in [0, 0.05) is 17.3 Å². The minimum absolute atomic E-state index is 0.0911. The Bertz CT molecular complexity index is 770. The van der Waals surface area contributed by atoms with Gasteiger partial charge in [0.2, 0.25) is 0 Å². The minimum atomic E-state index is -0.0911. The summed E-state index contributed by atoms with van der Waals surface area (Å²) in [6, 6.07) is 5.37. The Morgan fingerprint density at radius 2 is 1.85 bits per heavy atom. The third kappa shape index (κ3) is 1.92. The zero-order valence-corrected chi connectivity index (χ0v) is 11.3. The maximum atomic E-state index is 9.64. The molecule has 1 aromatic carbocycles. The Balaban J connectivity index is 2.29. The second-order valence-corrected chi connectivity index (χ2v) is 4.89. The third-order valence-corrected chi connectivity index (χ3v) is 3.43. The van der Waals surface area contributed by atoms with E-state index >= 15 is 0 Å². The van der Waals surface area contributed by atoms with Gasteiger partial charge in [-0.3, -0.25) is 0 Å². The van der Waals surface area contributed by atoms with E-state index in [1.54, 1.807) is 16.6 Å². The van der Waals surface area contributed by atoms with Crippen molar-refractivity contribution in [3.05, 3.63) is 47.4 Å². The molecule has 2 heterocycles. The number of hydrogen-bond acceptors (Lipinski definition) is 4. The fraction of sp³-hybridized carbons (Fsp3) is 0.200. The van der Waals surface area contributed by atoms with E-state index in [0.717, 1.165) is 27.8 Å². The van der Waals surface area contributed by atoms with Gasteiger partial charge in [-0.15, -0.1) is 0 Å². The van der Waals surface area contributed by atoms with E-state index in [-0.39, 0.29) is 12.4 Å². The zero-order valence-electron chi connectivity index (χ0n) is 11.3. The van der Waals surface area contributed by atoms with Gasteiger partial charge < -0.3 is 10.2 Å². The van der Waals surface area contributed by atoms with Crippen LogP contribution in [-0.4, -0.2) is 24.8 Å². The van der Waals surface area contributed by atoms with E-state index in [0.29, 0.717) is 5.65 Å². The second-order valence-electron chi connectivity index (χ2n) is 4.89. The van der Waals surface area contributed by atoms with E-state index < -0.39 is 0 Å². The van der Waals surface area contributed by atoms with Gasteiger partial charge in [0.05, 0.1) is 6.61 Å². The lowest BCUT2D eigenvalue weighted by atomic mass is 9.96. The number of aromatic nitrogens is 3. The van der Waals surface area contributed by atoms with Crippen LogP contribution in [-0.2, 0) is 6.61 Å². The van der Waals surface area contributed by atoms with E-state index in [1.807, 2.05) is 26.1 Å². The molecule has 0 bridgehead atoms. The van der Waals surface area contributed by atoms with Gasteiger partial charge in [-0.05, 0) is 48.7 Å². The number of aryl methyl sites for hydroxylation is 2. The first kappa shape index (κ1) is 12.6. The first-order chi connectivity index (χ1) is 9.60. The number of aromatic hydroxyl groups is 1. The largest absolute Gasteiger partial charge is 0.508 e. The fourth-order valence-corrected chi connectivity index (χ4v) is 2.64. The Morgan fingerprint density at radius 3 is 2.50 bits per heavy atom. The van der Waals surface area contributed by atoms with E-state index in [9.17, 15) is 10.2 Å². The number of benzene rings is 1. The molecular formula is C15H15N3O2. The van der Waals surface area contributed by atoms with Crippen LogP contribution in [0.3, 0.4) is 0 Å². The molecule has 0 amide bonds. The SMILES string of the molecule is Cc1cc(O)cc(C)c1-c1cc(CO)c2ncnn2c1. The van der Waals surface area contributed by atoms with Gasteiger partial charge in [-0.2, -0.15) is 5.10 Å². The van der Waals surface area contributed by atoms with Crippen molar-refractivity contribution in [2.75, 3.05) is 0 Å². The Kier molecular flexibility index (Phi) is 2.91. The van der Waals surface area contributed by atoms with Crippen molar-refractivity contribution in [2.45, 2.75) is 20.5 Å². The molecule has 5 nitrogen and oxygen atoms in total. The molecule has 0 radical (unpaired) electrons. The smallest absolute Gasteiger partial charge is 0.160 e. The van der Waals surface area contributed by atoms with E-state index in [1.165, 1.54) is 6.33 Å². The van der Waals surface area contributed by atoms with Crippen LogP contribution in [0.2, 0.25) is 0 Å². The molecule has 3 rings (SSSR count). The van der Waals surface area contributed by atoms with Crippen molar-refractivity contribution < 1.29 is 10.2 Å². The summed E-state index contributed by atoms with van der Waals surface area (Å²) in [5.41, 5.74) is 5.32. The molecule has 0 aliphatic rings. The van der Waals surface area contributed by atoms with Crippen LogP contribution in [0.4, 0.5) is 0 Å². The molecule has 0 fully saturated rings. The normalized spacial score (nSPS) is 11.2. The maximum Gasteiger partial charge on any atom is 0.160 e. The standard InChI is InChI=1S/C15H15N3O2/c1-9-3-13(20)4-10(2)14(9)11-5-12(7-19)15-16-8-17-18(15)6-11/h3-6,8,19-20H,7H2,1-2H3. The summed E-state index contributed by atoms with van der Waals surface area (Å²) in [5.74, 6) is 0.257. The highest BCUT2D eigenvalue weighted by atomic mass is 16.3. The first-order valence-electron chi connectivity index (χ1n) is 6.34. The van der Waals surface area contributed by atoms with E-state index in [4.69, 9.17) is 0 Å². The van der Waals surface area contributed by atoms with Crippen molar-refractivity contribution in [1.29, 1.82) is 0 Å². The first-order valence-corrected chi connectivity index (χ1v) is 6.34. The van der Waals surface area contributed by atoms with Crippen molar-refractivity contribution in [2.24, 2.45) is 0 Å². The highest BCUT2D eigenvalue weighted by Gasteiger charge is 2.12. The number of hydrogen-bond donors (Lipinski definition) is 2. The number of aliphatic hydroxyl groups excluding tert-OH is 1. The number of aliphatic hydroxyl groups is 1. The van der Waals surface area contributed by atoms with Crippen LogP contribution < -0.4 is 0 Å². The van der Waals surface area contributed by atoms with Crippen molar-refractivity contribution in [3.63, 3.8) is 0 Å². The number of phenols is 1. The molecule has 102 valence electrons. The highest BCUT2D eigenvalue weighted by molar-refractivity contribution is 5.73. The second kappa shape index (κ2) is 4.61. The van der Waals surface area contributed by atoms with Crippen molar-refractivity contribution in [3.8, 4) is 16.9 Å². The minimum Gasteiger partial charge on any atom is -0.508 e. The van der Waals surface area contributed by atoms with Gasteiger partial charge in [-0.1, -0.05) is 0 Å². The van der Waals surface area contributed by atoms with Gasteiger partial charge in [0.15, 0.2) is 5.65 Å². The number of pyridine rings is 1. The van der Waals surface area contributed by atoms with Gasteiger partial charge in [0.1, 0.15) is 12.1 Å². The monoisotopic (exact) mass is 269 g/mol. The van der Waals surface area contributed by atoms with Gasteiger partial charge in [0.25, 0.3) is 0 Å². The lowest BCUT2D eigenvalue weighted by Crippen LogP contribution is -1.97. The number of rotatable bonds is 2. The molecule has 2 N–H and O–H groups in total. The maximum absolute atomic E-state index is 9.64. The molecule has 0 aliphatic carbocycles. The van der Waals surface area contributed by atoms with Gasteiger partial charge in [-0.25, -0.2) is 9.50 Å². The highest BCUT2D eigenvalue weighted by Crippen LogP contribution is 2.31. The third-order valence-electron chi connectivity index (χ3n) is 3.43. The molecule has 3 aromatic rings. The van der Waals surface area contributed by atoms with Crippen LogP contribution in [0.25, 0.3) is 16.8 Å². The predicted molar refractivity (Wildman–Crippen MR) is 75.5 cm³/mol. The van der Waals surface area contributed by atoms with Crippen LogP contribution in [0, 0.1) is 13.8 Å². The summed E-state index contributed by atoms with van der Waals surface area (Å²) in [4.78, 5) is 4.14. The number of nitrogens with zero attached hydrogens (tertiary/aromatic N) is 3. The molecule has 0 unspecified atom stereocenters. The zero-order chi connectivity index (χ0) is 14.3. The summed E-state index contributed by atoms with van der Waals surface area (Å²) in [6.07, 6.45) is 3.35. The molecule has 5 heteroatoms. The van der Waals surface area contributed by atoms with Crippen molar-refractivity contribution in [1.82, 2.24) is 14.6 Å².